The zero-order valence-electron chi connectivity index (χ0n) is 17.9. The Morgan fingerprint density at radius 1 is 1.38 bits per heavy atom. The van der Waals surface area contributed by atoms with Crippen LogP contribution in [0, 0.1) is 0 Å². The van der Waals surface area contributed by atoms with E-state index < -0.39 is 11.7 Å². The zero-order valence-corrected chi connectivity index (χ0v) is 18.7. The van der Waals surface area contributed by atoms with E-state index in [0.717, 1.165) is 11.1 Å². The fourth-order valence-corrected chi connectivity index (χ4v) is 2.64. The number of aromatic nitrogens is 1. The normalized spacial score (nSPS) is 12.9. The first kappa shape index (κ1) is 24.7. The maximum Gasteiger partial charge on any atom is 0.414 e. The van der Waals surface area contributed by atoms with Gasteiger partial charge >= 0.3 is 6.09 Å². The van der Waals surface area contributed by atoms with E-state index in [1.54, 1.807) is 19.5 Å². The molecule has 0 bridgehead atoms. The number of carbonyl (C=O) groups excluding carboxylic acids is 1. The summed E-state index contributed by atoms with van der Waals surface area (Å²) >= 11 is 6.25. The molecule has 1 aromatic rings. The predicted molar refractivity (Wildman–Crippen MR) is 120 cm³/mol. The van der Waals surface area contributed by atoms with Gasteiger partial charge in [0.25, 0.3) is 0 Å². The van der Waals surface area contributed by atoms with Gasteiger partial charge in [0.15, 0.2) is 0 Å². The quantitative estimate of drug-likeness (QED) is 0.465. The molecule has 0 unspecified atom stereocenters. The molecule has 0 atom stereocenters. The summed E-state index contributed by atoms with van der Waals surface area (Å²) in [5, 5.41) is 0.258. The number of halogens is 1. The van der Waals surface area contributed by atoms with E-state index in [2.05, 4.69) is 11.6 Å². The van der Waals surface area contributed by atoms with Crippen molar-refractivity contribution < 1.29 is 14.3 Å². The molecule has 158 valence electrons. The van der Waals surface area contributed by atoms with Gasteiger partial charge in [0, 0.05) is 19.5 Å². The third-order valence-corrected chi connectivity index (χ3v) is 3.84. The molecule has 29 heavy (non-hydrogen) atoms. The van der Waals surface area contributed by atoms with Crippen molar-refractivity contribution in [1.29, 1.82) is 0 Å². The van der Waals surface area contributed by atoms with E-state index in [-0.39, 0.29) is 5.03 Å². The molecule has 0 aliphatic carbocycles. The minimum atomic E-state index is -0.627. The van der Waals surface area contributed by atoms with Crippen LogP contribution in [0.4, 0.5) is 4.79 Å². The van der Waals surface area contributed by atoms with Crippen LogP contribution >= 0.6 is 11.6 Å². The molecule has 0 saturated carbocycles. The molecule has 5 nitrogen and oxygen atoms in total. The first-order valence-corrected chi connectivity index (χ1v) is 9.83. The summed E-state index contributed by atoms with van der Waals surface area (Å²) in [5.74, 6) is 0. The lowest BCUT2D eigenvalue weighted by Crippen LogP contribution is -2.38. The lowest BCUT2D eigenvalue weighted by atomic mass is 10.1. The molecule has 0 radical (unpaired) electrons. The van der Waals surface area contributed by atoms with Gasteiger partial charge in [-0.25, -0.2) is 4.79 Å². The Morgan fingerprint density at radius 3 is 2.62 bits per heavy atom. The minimum absolute atomic E-state index is 0.258. The Morgan fingerprint density at radius 2 is 2.10 bits per heavy atom. The van der Waals surface area contributed by atoms with Gasteiger partial charge in [-0.15, -0.1) is 0 Å². The first-order valence-electron chi connectivity index (χ1n) is 9.45. The Balaban J connectivity index is 3.20. The number of carbonyl (C=O) groups is 1. The molecule has 0 N–H and O–H groups in total. The summed E-state index contributed by atoms with van der Waals surface area (Å²) in [5.41, 5.74) is 1.90. The predicted octanol–water partition coefficient (Wildman–Crippen LogP) is 5.95. The highest BCUT2D eigenvalue weighted by Crippen LogP contribution is 2.23. The standard InChI is InChI=1S/C23H31ClN2O3/c1-7-9-19(16-20-10-8-13-25-17-20)11-12-21(18(2)24)26(14-15-28-6)22(27)29-23(3,4)5/h7-10,12-13,16-17H,2,11,14-15H2,1,3-6H3. The van der Waals surface area contributed by atoms with E-state index in [1.165, 1.54) is 4.90 Å². The smallest absolute Gasteiger partial charge is 0.414 e. The Kier molecular flexibility index (Phi) is 10.4. The van der Waals surface area contributed by atoms with Crippen molar-refractivity contribution in [2.75, 3.05) is 20.3 Å². The van der Waals surface area contributed by atoms with Gasteiger partial charge in [-0.3, -0.25) is 9.88 Å². The second-order valence-corrected chi connectivity index (χ2v) is 7.79. The van der Waals surface area contributed by atoms with Crippen molar-refractivity contribution in [2.24, 2.45) is 0 Å². The number of ether oxygens (including phenoxy) is 2. The monoisotopic (exact) mass is 418 g/mol. The molecule has 1 rings (SSSR count). The van der Waals surface area contributed by atoms with E-state index in [4.69, 9.17) is 21.1 Å². The number of hydrogen-bond acceptors (Lipinski definition) is 4. The summed E-state index contributed by atoms with van der Waals surface area (Å²) < 4.78 is 10.7. The first-order chi connectivity index (χ1) is 13.7. The second-order valence-electron chi connectivity index (χ2n) is 7.33. The van der Waals surface area contributed by atoms with Gasteiger partial charge in [0.2, 0.25) is 0 Å². The molecule has 1 amide bonds. The lowest BCUT2D eigenvalue weighted by Gasteiger charge is -2.28. The molecule has 0 aliphatic rings. The second kappa shape index (κ2) is 12.2. The molecule has 0 aromatic carbocycles. The molecule has 6 heteroatoms. The Bertz CT molecular complexity index is 762. The summed E-state index contributed by atoms with van der Waals surface area (Å²) in [6, 6.07) is 3.86. The van der Waals surface area contributed by atoms with Crippen LogP contribution in [0.2, 0.25) is 0 Å². The Labute approximate surface area is 179 Å². The van der Waals surface area contributed by atoms with Crippen molar-refractivity contribution >= 4 is 23.8 Å². The van der Waals surface area contributed by atoms with E-state index in [0.29, 0.717) is 25.3 Å². The van der Waals surface area contributed by atoms with Crippen LogP contribution in [0.3, 0.4) is 0 Å². The van der Waals surface area contributed by atoms with E-state index in [1.807, 2.05) is 64.1 Å². The molecule has 0 fully saturated rings. The van der Waals surface area contributed by atoms with Crippen LogP contribution in [-0.4, -0.2) is 41.8 Å². The molecule has 0 saturated heterocycles. The lowest BCUT2D eigenvalue weighted by molar-refractivity contribution is 0.0278. The van der Waals surface area contributed by atoms with Crippen LogP contribution in [0.15, 0.2) is 65.6 Å². The Hall–Kier alpha value is -2.37. The van der Waals surface area contributed by atoms with E-state index in [9.17, 15) is 4.79 Å². The number of allylic oxidation sites excluding steroid dienone is 5. The highest BCUT2D eigenvalue weighted by atomic mass is 35.5. The molecule has 1 heterocycles. The van der Waals surface area contributed by atoms with Crippen molar-refractivity contribution in [3.05, 3.63) is 71.2 Å². The van der Waals surface area contributed by atoms with Gasteiger partial charge in [-0.2, -0.15) is 0 Å². The summed E-state index contributed by atoms with van der Waals surface area (Å²) in [6.45, 7) is 11.9. The SMILES string of the molecule is C=C(Cl)C(=CCC(C=CC)=Cc1cccnc1)N(CCOC)C(=O)OC(C)(C)C. The molecule has 1 aromatic heterocycles. The van der Waals surface area contributed by atoms with Crippen molar-refractivity contribution in [2.45, 2.75) is 39.7 Å². The highest BCUT2D eigenvalue weighted by molar-refractivity contribution is 6.31. The highest BCUT2D eigenvalue weighted by Gasteiger charge is 2.25. The molecule has 0 spiro atoms. The maximum atomic E-state index is 12.7. The van der Waals surface area contributed by atoms with Gasteiger partial charge in [-0.05, 0) is 57.4 Å². The number of hydrogen-bond donors (Lipinski definition) is 0. The zero-order chi connectivity index (χ0) is 21.9. The van der Waals surface area contributed by atoms with Gasteiger partial charge in [0.05, 0.1) is 23.9 Å². The molecular formula is C23H31ClN2O3. The largest absolute Gasteiger partial charge is 0.443 e. The number of pyridine rings is 1. The third-order valence-electron chi connectivity index (χ3n) is 3.65. The molecular weight excluding hydrogens is 388 g/mol. The maximum absolute atomic E-state index is 12.7. The van der Waals surface area contributed by atoms with Gasteiger partial charge in [0.1, 0.15) is 5.60 Å². The van der Waals surface area contributed by atoms with Crippen LogP contribution in [-0.2, 0) is 9.47 Å². The van der Waals surface area contributed by atoms with Crippen LogP contribution in [0.5, 0.6) is 0 Å². The minimum Gasteiger partial charge on any atom is -0.443 e. The van der Waals surface area contributed by atoms with Crippen LogP contribution in [0.25, 0.3) is 6.08 Å². The van der Waals surface area contributed by atoms with Crippen molar-refractivity contribution in [3.8, 4) is 0 Å². The van der Waals surface area contributed by atoms with Crippen molar-refractivity contribution in [1.82, 2.24) is 9.88 Å². The number of methoxy groups -OCH3 is 1. The van der Waals surface area contributed by atoms with E-state index >= 15 is 0 Å². The van der Waals surface area contributed by atoms with Crippen LogP contribution in [0.1, 0.15) is 39.7 Å². The summed E-state index contributed by atoms with van der Waals surface area (Å²) in [7, 11) is 1.58. The average molecular weight is 419 g/mol. The van der Waals surface area contributed by atoms with Crippen molar-refractivity contribution in [3.63, 3.8) is 0 Å². The summed E-state index contributed by atoms with van der Waals surface area (Å²) in [6.07, 6.45) is 11.4. The van der Waals surface area contributed by atoms with Crippen LogP contribution < -0.4 is 0 Å². The fraction of sp³-hybridized carbons (Fsp3) is 0.391. The topological polar surface area (TPSA) is 51.7 Å². The average Bonchev–Trinajstić information content (AvgIpc) is 2.63. The number of nitrogens with zero attached hydrogens (tertiary/aromatic N) is 2. The third kappa shape index (κ3) is 9.59. The van der Waals surface area contributed by atoms with Gasteiger partial charge < -0.3 is 9.47 Å². The van der Waals surface area contributed by atoms with Gasteiger partial charge in [-0.1, -0.05) is 42.5 Å². The summed E-state index contributed by atoms with van der Waals surface area (Å²) in [4.78, 5) is 18.3. The fourth-order valence-electron chi connectivity index (χ4n) is 2.46. The number of amides is 1. The molecule has 0 aliphatic heterocycles. The number of rotatable bonds is 9.